The van der Waals surface area contributed by atoms with Gasteiger partial charge in [0, 0.05) is 17.6 Å². The van der Waals surface area contributed by atoms with Crippen LogP contribution in [0.5, 0.6) is 11.5 Å². The number of ether oxygens (including phenoxy) is 2. The molecule has 122 valence electrons. The number of hydrogen-bond acceptors (Lipinski definition) is 3. The molecule has 0 spiro atoms. The number of rotatable bonds is 7. The summed E-state index contributed by atoms with van der Waals surface area (Å²) < 4.78 is 10.6. The topological polar surface area (TPSA) is 47.6 Å². The normalized spacial score (nSPS) is 10.2. The minimum Gasteiger partial charge on any atom is -0.496 e. The third-order valence-electron chi connectivity index (χ3n) is 3.16. The quantitative estimate of drug-likeness (QED) is 0.824. The predicted octanol–water partition coefficient (Wildman–Crippen LogP) is 3.74. The van der Waals surface area contributed by atoms with Crippen LogP contribution in [0.1, 0.15) is 5.56 Å². The molecule has 0 aliphatic heterocycles. The van der Waals surface area contributed by atoms with E-state index in [0.717, 1.165) is 11.3 Å². The molecule has 4 nitrogen and oxygen atoms in total. The summed E-state index contributed by atoms with van der Waals surface area (Å²) in [7, 11) is 1.62. The minimum atomic E-state index is -0.226. The van der Waals surface area contributed by atoms with Crippen molar-refractivity contribution in [2.24, 2.45) is 0 Å². The van der Waals surface area contributed by atoms with Crippen LogP contribution < -0.4 is 14.8 Å². The third-order valence-corrected chi connectivity index (χ3v) is 3.71. The van der Waals surface area contributed by atoms with Gasteiger partial charge in [-0.1, -0.05) is 41.4 Å². The predicted molar refractivity (Wildman–Crippen MR) is 91.7 cm³/mol. The molecule has 0 saturated carbocycles. The maximum absolute atomic E-state index is 11.8. The Kier molecular flexibility index (Phi) is 6.56. The van der Waals surface area contributed by atoms with Crippen molar-refractivity contribution in [3.8, 4) is 11.5 Å². The first-order chi connectivity index (χ1) is 11.1. The van der Waals surface area contributed by atoms with Gasteiger partial charge in [0.1, 0.15) is 11.5 Å². The van der Waals surface area contributed by atoms with Gasteiger partial charge in [0.15, 0.2) is 6.61 Å². The van der Waals surface area contributed by atoms with E-state index in [2.05, 4.69) is 5.32 Å². The van der Waals surface area contributed by atoms with E-state index in [0.29, 0.717) is 28.8 Å². The van der Waals surface area contributed by atoms with Crippen LogP contribution in [0, 0.1) is 0 Å². The zero-order valence-corrected chi connectivity index (χ0v) is 14.2. The zero-order chi connectivity index (χ0) is 16.7. The van der Waals surface area contributed by atoms with E-state index >= 15 is 0 Å². The first-order valence-corrected chi connectivity index (χ1v) is 7.82. The van der Waals surface area contributed by atoms with E-state index < -0.39 is 0 Å². The van der Waals surface area contributed by atoms with Gasteiger partial charge in [0.25, 0.3) is 5.91 Å². The summed E-state index contributed by atoms with van der Waals surface area (Å²) >= 11 is 11.8. The largest absolute Gasteiger partial charge is 0.496 e. The van der Waals surface area contributed by atoms with Gasteiger partial charge in [-0.3, -0.25) is 4.79 Å². The van der Waals surface area contributed by atoms with Crippen molar-refractivity contribution in [2.75, 3.05) is 20.3 Å². The van der Waals surface area contributed by atoms with E-state index in [-0.39, 0.29) is 12.5 Å². The van der Waals surface area contributed by atoms with Crippen LogP contribution in [0.2, 0.25) is 10.0 Å². The Balaban J connectivity index is 1.78. The molecule has 1 N–H and O–H groups in total. The highest BCUT2D eigenvalue weighted by Gasteiger charge is 2.07. The summed E-state index contributed by atoms with van der Waals surface area (Å²) in [6, 6.07) is 12.6. The van der Waals surface area contributed by atoms with Crippen LogP contribution in [0.25, 0.3) is 0 Å². The molecule has 0 bridgehead atoms. The number of benzene rings is 2. The molecule has 0 saturated heterocycles. The molecule has 0 radical (unpaired) electrons. The zero-order valence-electron chi connectivity index (χ0n) is 12.6. The third kappa shape index (κ3) is 5.34. The van der Waals surface area contributed by atoms with Gasteiger partial charge in [-0.05, 0) is 30.2 Å². The summed E-state index contributed by atoms with van der Waals surface area (Å²) in [6.45, 7) is 0.373. The molecule has 0 aliphatic carbocycles. The lowest BCUT2D eigenvalue weighted by molar-refractivity contribution is -0.123. The molecule has 2 rings (SSSR count). The van der Waals surface area contributed by atoms with Crippen LogP contribution in [0.4, 0.5) is 0 Å². The Morgan fingerprint density at radius 1 is 1.13 bits per heavy atom. The van der Waals surface area contributed by atoms with Gasteiger partial charge < -0.3 is 14.8 Å². The summed E-state index contributed by atoms with van der Waals surface area (Å²) in [5.74, 6) is 0.971. The van der Waals surface area contributed by atoms with Crippen molar-refractivity contribution in [3.05, 3.63) is 58.1 Å². The van der Waals surface area contributed by atoms with Gasteiger partial charge in [0.05, 0.1) is 12.1 Å². The number of methoxy groups -OCH3 is 1. The SMILES string of the molecule is COc1ccccc1CCNC(=O)COc1cc(Cl)ccc1Cl. The molecule has 2 aromatic carbocycles. The molecular weight excluding hydrogens is 337 g/mol. The molecule has 0 atom stereocenters. The highest BCUT2D eigenvalue weighted by molar-refractivity contribution is 6.34. The van der Waals surface area contributed by atoms with Crippen molar-refractivity contribution in [2.45, 2.75) is 6.42 Å². The van der Waals surface area contributed by atoms with E-state index in [4.69, 9.17) is 32.7 Å². The molecule has 6 heteroatoms. The van der Waals surface area contributed by atoms with Crippen LogP contribution in [0.15, 0.2) is 42.5 Å². The first kappa shape index (κ1) is 17.4. The van der Waals surface area contributed by atoms with Gasteiger partial charge in [-0.2, -0.15) is 0 Å². The fourth-order valence-electron chi connectivity index (χ4n) is 2.03. The number of hydrogen-bond donors (Lipinski definition) is 1. The minimum absolute atomic E-state index is 0.119. The average molecular weight is 354 g/mol. The fraction of sp³-hybridized carbons (Fsp3) is 0.235. The van der Waals surface area contributed by atoms with Gasteiger partial charge in [-0.15, -0.1) is 0 Å². The molecule has 0 aliphatic rings. The molecule has 1 amide bonds. The molecule has 0 heterocycles. The lowest BCUT2D eigenvalue weighted by atomic mass is 10.1. The Labute approximate surface area is 145 Å². The molecule has 23 heavy (non-hydrogen) atoms. The first-order valence-electron chi connectivity index (χ1n) is 7.06. The van der Waals surface area contributed by atoms with Crippen molar-refractivity contribution in [1.29, 1.82) is 0 Å². The highest BCUT2D eigenvalue weighted by atomic mass is 35.5. The van der Waals surface area contributed by atoms with Crippen LogP contribution >= 0.6 is 23.2 Å². The molecule has 0 fully saturated rings. The monoisotopic (exact) mass is 353 g/mol. The van der Waals surface area contributed by atoms with Crippen LogP contribution in [-0.2, 0) is 11.2 Å². The van der Waals surface area contributed by atoms with E-state index in [1.165, 1.54) is 0 Å². The number of nitrogens with one attached hydrogen (secondary N) is 1. The van der Waals surface area contributed by atoms with Crippen LogP contribution in [-0.4, -0.2) is 26.2 Å². The van der Waals surface area contributed by atoms with E-state index in [9.17, 15) is 4.79 Å². The molecule has 2 aromatic rings. The Morgan fingerprint density at radius 3 is 2.70 bits per heavy atom. The summed E-state index contributed by atoms with van der Waals surface area (Å²) in [5, 5.41) is 3.71. The molecule has 0 unspecified atom stereocenters. The van der Waals surface area contributed by atoms with Crippen molar-refractivity contribution >= 4 is 29.1 Å². The van der Waals surface area contributed by atoms with Gasteiger partial charge in [0.2, 0.25) is 0 Å². The van der Waals surface area contributed by atoms with Crippen molar-refractivity contribution in [3.63, 3.8) is 0 Å². The smallest absolute Gasteiger partial charge is 0.257 e. The average Bonchev–Trinajstić information content (AvgIpc) is 2.56. The summed E-state index contributed by atoms with van der Waals surface area (Å²) in [5.41, 5.74) is 1.04. The second-order valence-electron chi connectivity index (χ2n) is 4.78. The van der Waals surface area contributed by atoms with Crippen molar-refractivity contribution < 1.29 is 14.3 Å². The van der Waals surface area contributed by atoms with E-state index in [1.54, 1.807) is 25.3 Å². The number of carbonyl (C=O) groups excluding carboxylic acids is 1. The second kappa shape index (κ2) is 8.65. The lowest BCUT2D eigenvalue weighted by Crippen LogP contribution is -2.30. The number of carbonyl (C=O) groups is 1. The highest BCUT2D eigenvalue weighted by Crippen LogP contribution is 2.27. The Bertz CT molecular complexity index is 677. The summed E-state index contributed by atoms with van der Waals surface area (Å²) in [4.78, 5) is 11.8. The maximum Gasteiger partial charge on any atom is 0.257 e. The van der Waals surface area contributed by atoms with Crippen LogP contribution in [0.3, 0.4) is 0 Å². The fourth-order valence-corrected chi connectivity index (χ4v) is 2.36. The van der Waals surface area contributed by atoms with Gasteiger partial charge >= 0.3 is 0 Å². The number of halogens is 2. The standard InChI is InChI=1S/C17H17Cl2NO3/c1-22-15-5-3-2-4-12(15)8-9-20-17(21)11-23-16-10-13(18)6-7-14(16)19/h2-7,10H,8-9,11H2,1H3,(H,20,21). The lowest BCUT2D eigenvalue weighted by Gasteiger charge is -2.10. The second-order valence-corrected chi connectivity index (χ2v) is 5.62. The van der Waals surface area contributed by atoms with E-state index in [1.807, 2.05) is 24.3 Å². The van der Waals surface area contributed by atoms with Crippen molar-refractivity contribution in [1.82, 2.24) is 5.32 Å². The maximum atomic E-state index is 11.8. The Hall–Kier alpha value is -1.91. The molecular formula is C17H17Cl2NO3. The summed E-state index contributed by atoms with van der Waals surface area (Å²) in [6.07, 6.45) is 0.674. The number of para-hydroxylation sites is 1. The Morgan fingerprint density at radius 2 is 1.91 bits per heavy atom. The van der Waals surface area contributed by atoms with Gasteiger partial charge in [-0.25, -0.2) is 0 Å². The molecule has 0 aromatic heterocycles. The number of amides is 1.